The second-order valence-electron chi connectivity index (χ2n) is 6.21. The van der Waals surface area contributed by atoms with E-state index in [1.54, 1.807) is 24.5 Å². The van der Waals surface area contributed by atoms with Gasteiger partial charge in [0.15, 0.2) is 9.84 Å². The third-order valence-electron chi connectivity index (χ3n) is 4.23. The molecule has 0 amide bonds. The van der Waals surface area contributed by atoms with Crippen molar-refractivity contribution < 1.29 is 8.42 Å². The Labute approximate surface area is 172 Å². The minimum absolute atomic E-state index is 0.289. The minimum atomic E-state index is -3.25. The van der Waals surface area contributed by atoms with E-state index in [0.29, 0.717) is 5.02 Å². The number of benzene rings is 2. The predicted molar refractivity (Wildman–Crippen MR) is 114 cm³/mol. The van der Waals surface area contributed by atoms with Crippen molar-refractivity contribution in [3.63, 3.8) is 0 Å². The first kappa shape index (κ1) is 18.8. The lowest BCUT2D eigenvalue weighted by atomic mass is 10.1. The number of pyridine rings is 1. The van der Waals surface area contributed by atoms with E-state index in [1.807, 2.05) is 48.5 Å². The van der Waals surface area contributed by atoms with Gasteiger partial charge in [0.2, 0.25) is 0 Å². The molecule has 0 aliphatic heterocycles. The number of thiazole rings is 1. The maximum absolute atomic E-state index is 11.8. The van der Waals surface area contributed by atoms with Crippen LogP contribution in [0.25, 0.3) is 32.3 Å². The van der Waals surface area contributed by atoms with Crippen molar-refractivity contribution in [3.8, 4) is 32.3 Å². The summed E-state index contributed by atoms with van der Waals surface area (Å²) < 4.78 is 23.5. The van der Waals surface area contributed by atoms with E-state index < -0.39 is 9.84 Å². The first-order chi connectivity index (χ1) is 13.4. The van der Waals surface area contributed by atoms with Gasteiger partial charge >= 0.3 is 0 Å². The molecule has 2 aromatic heterocycles. The fourth-order valence-electron chi connectivity index (χ4n) is 2.82. The van der Waals surface area contributed by atoms with Crippen molar-refractivity contribution in [1.29, 1.82) is 0 Å². The SMILES string of the molecule is CS(=O)(=O)c1ccc(-c2sc(-c3ccccc3Cl)nc2-c2ccncc2)cc1. The first-order valence-corrected chi connectivity index (χ1v) is 11.5. The monoisotopic (exact) mass is 426 g/mol. The molecule has 0 atom stereocenters. The molecule has 0 N–H and O–H groups in total. The third-order valence-corrected chi connectivity index (χ3v) is 6.83. The highest BCUT2D eigenvalue weighted by molar-refractivity contribution is 7.90. The van der Waals surface area contributed by atoms with Gasteiger partial charge in [-0.25, -0.2) is 13.4 Å². The molecule has 2 heterocycles. The topological polar surface area (TPSA) is 59.9 Å². The maximum Gasteiger partial charge on any atom is 0.175 e. The van der Waals surface area contributed by atoms with Gasteiger partial charge in [-0.15, -0.1) is 11.3 Å². The van der Waals surface area contributed by atoms with E-state index in [1.165, 1.54) is 17.6 Å². The molecule has 0 saturated heterocycles. The summed E-state index contributed by atoms with van der Waals surface area (Å²) in [5.74, 6) is 0. The lowest BCUT2D eigenvalue weighted by Crippen LogP contribution is -1.96. The molecule has 140 valence electrons. The number of hydrogen-bond acceptors (Lipinski definition) is 5. The van der Waals surface area contributed by atoms with E-state index in [-0.39, 0.29) is 4.90 Å². The summed E-state index contributed by atoms with van der Waals surface area (Å²) in [5.41, 5.74) is 3.51. The Morgan fingerprint density at radius 3 is 2.21 bits per heavy atom. The third kappa shape index (κ3) is 3.71. The van der Waals surface area contributed by atoms with Crippen LogP contribution in [-0.2, 0) is 9.84 Å². The van der Waals surface area contributed by atoms with Crippen molar-refractivity contribution in [2.24, 2.45) is 0 Å². The largest absolute Gasteiger partial charge is 0.265 e. The summed E-state index contributed by atoms with van der Waals surface area (Å²) in [5, 5.41) is 1.44. The molecule has 0 spiro atoms. The van der Waals surface area contributed by atoms with E-state index in [4.69, 9.17) is 16.6 Å². The van der Waals surface area contributed by atoms with Crippen LogP contribution in [-0.4, -0.2) is 24.6 Å². The van der Waals surface area contributed by atoms with Crippen molar-refractivity contribution >= 4 is 32.8 Å². The molecule has 2 aromatic carbocycles. The Kier molecular flexibility index (Phi) is 5.02. The molecule has 4 rings (SSSR count). The Balaban J connectivity index is 1.89. The summed E-state index contributed by atoms with van der Waals surface area (Å²) in [6.07, 6.45) is 4.65. The quantitative estimate of drug-likeness (QED) is 0.426. The van der Waals surface area contributed by atoms with Crippen LogP contribution in [0, 0.1) is 0 Å². The average Bonchev–Trinajstić information content (AvgIpc) is 3.14. The molecule has 0 fully saturated rings. The van der Waals surface area contributed by atoms with E-state index in [0.717, 1.165) is 32.3 Å². The Morgan fingerprint density at radius 1 is 0.893 bits per heavy atom. The van der Waals surface area contributed by atoms with Crippen molar-refractivity contribution in [2.75, 3.05) is 6.26 Å². The summed E-state index contributed by atoms with van der Waals surface area (Å²) in [7, 11) is -3.25. The first-order valence-electron chi connectivity index (χ1n) is 8.40. The molecule has 0 saturated carbocycles. The van der Waals surface area contributed by atoms with Crippen LogP contribution < -0.4 is 0 Å². The van der Waals surface area contributed by atoms with Crippen LogP contribution in [0.1, 0.15) is 0 Å². The van der Waals surface area contributed by atoms with Gasteiger partial charge in [0, 0.05) is 29.8 Å². The molecule has 0 aliphatic rings. The average molecular weight is 427 g/mol. The van der Waals surface area contributed by atoms with Gasteiger partial charge in [-0.3, -0.25) is 4.98 Å². The fraction of sp³-hybridized carbons (Fsp3) is 0.0476. The Bertz CT molecular complexity index is 1240. The van der Waals surface area contributed by atoms with Gasteiger partial charge in [-0.05, 0) is 35.9 Å². The molecular weight excluding hydrogens is 412 g/mol. The maximum atomic E-state index is 11.8. The second-order valence-corrected chi connectivity index (χ2v) is 9.63. The number of aromatic nitrogens is 2. The molecule has 0 aliphatic carbocycles. The number of nitrogens with zero attached hydrogens (tertiary/aromatic N) is 2. The zero-order valence-corrected chi connectivity index (χ0v) is 17.2. The van der Waals surface area contributed by atoms with Crippen LogP contribution in [0.2, 0.25) is 5.02 Å². The summed E-state index contributed by atoms with van der Waals surface area (Å²) >= 11 is 7.90. The lowest BCUT2D eigenvalue weighted by molar-refractivity contribution is 0.602. The molecule has 0 unspecified atom stereocenters. The molecular formula is C21H15ClN2O2S2. The summed E-state index contributed by atoms with van der Waals surface area (Å²) in [6.45, 7) is 0. The predicted octanol–water partition coefficient (Wildman–Crippen LogP) is 5.60. The molecule has 28 heavy (non-hydrogen) atoms. The van der Waals surface area contributed by atoms with Gasteiger partial charge in [-0.1, -0.05) is 41.9 Å². The molecule has 0 radical (unpaired) electrons. The van der Waals surface area contributed by atoms with Gasteiger partial charge in [0.1, 0.15) is 5.01 Å². The zero-order valence-electron chi connectivity index (χ0n) is 14.8. The summed E-state index contributed by atoms with van der Waals surface area (Å²) in [4.78, 5) is 10.2. The zero-order chi connectivity index (χ0) is 19.7. The number of hydrogen-bond donors (Lipinski definition) is 0. The van der Waals surface area contributed by atoms with Gasteiger partial charge < -0.3 is 0 Å². The van der Waals surface area contributed by atoms with Crippen molar-refractivity contribution in [3.05, 3.63) is 78.1 Å². The minimum Gasteiger partial charge on any atom is -0.265 e. The van der Waals surface area contributed by atoms with E-state index in [9.17, 15) is 8.42 Å². The van der Waals surface area contributed by atoms with E-state index in [2.05, 4.69) is 4.98 Å². The molecule has 4 aromatic rings. The fourth-order valence-corrected chi connectivity index (χ4v) is 4.87. The van der Waals surface area contributed by atoms with Gasteiger partial charge in [0.05, 0.1) is 20.5 Å². The number of halogens is 1. The van der Waals surface area contributed by atoms with Crippen LogP contribution >= 0.6 is 22.9 Å². The van der Waals surface area contributed by atoms with E-state index >= 15 is 0 Å². The number of rotatable bonds is 4. The van der Waals surface area contributed by atoms with Crippen LogP contribution in [0.15, 0.2) is 78.0 Å². The molecule has 7 heteroatoms. The van der Waals surface area contributed by atoms with Crippen molar-refractivity contribution in [2.45, 2.75) is 4.90 Å². The normalized spacial score (nSPS) is 11.5. The van der Waals surface area contributed by atoms with Gasteiger partial charge in [0.25, 0.3) is 0 Å². The molecule has 0 bridgehead atoms. The van der Waals surface area contributed by atoms with Crippen LogP contribution in [0.5, 0.6) is 0 Å². The highest BCUT2D eigenvalue weighted by Gasteiger charge is 2.18. The van der Waals surface area contributed by atoms with Gasteiger partial charge in [-0.2, -0.15) is 0 Å². The van der Waals surface area contributed by atoms with Crippen LogP contribution in [0.3, 0.4) is 0 Å². The standard InChI is InChI=1S/C21H15ClN2O2S2/c1-28(25,26)16-8-6-15(7-9-16)20-19(14-10-12-23-13-11-14)24-21(27-20)17-4-2-3-5-18(17)22/h2-13H,1H3. The summed E-state index contributed by atoms with van der Waals surface area (Å²) in [6, 6.07) is 18.3. The second kappa shape index (κ2) is 7.47. The highest BCUT2D eigenvalue weighted by Crippen LogP contribution is 2.42. The molecule has 4 nitrogen and oxygen atoms in total. The Hall–Kier alpha value is -2.54. The highest BCUT2D eigenvalue weighted by atomic mass is 35.5. The lowest BCUT2D eigenvalue weighted by Gasteiger charge is -2.04. The number of sulfone groups is 1. The smallest absolute Gasteiger partial charge is 0.175 e. The van der Waals surface area contributed by atoms with Crippen molar-refractivity contribution in [1.82, 2.24) is 9.97 Å². The Morgan fingerprint density at radius 2 is 1.57 bits per heavy atom. The van der Waals surface area contributed by atoms with Crippen LogP contribution in [0.4, 0.5) is 0 Å².